The Hall–Kier alpha value is -2.50. The Morgan fingerprint density at radius 2 is 2.08 bits per heavy atom. The number of nitrogens with zero attached hydrogens (tertiary/aromatic N) is 3. The van der Waals surface area contributed by atoms with Crippen molar-refractivity contribution in [3.05, 3.63) is 47.9 Å². The third kappa shape index (κ3) is 4.28. The van der Waals surface area contributed by atoms with Gasteiger partial charge in [-0.05, 0) is 19.1 Å². The van der Waals surface area contributed by atoms with Crippen LogP contribution in [-0.2, 0) is 6.54 Å². The lowest BCUT2D eigenvalue weighted by molar-refractivity contribution is 0.129. The molecule has 128 valence electrons. The maximum Gasteiger partial charge on any atom is 0.194 e. The van der Waals surface area contributed by atoms with Crippen LogP contribution in [0.4, 0.5) is 0 Å². The van der Waals surface area contributed by atoms with Gasteiger partial charge in [0.1, 0.15) is 11.9 Å². The van der Waals surface area contributed by atoms with Gasteiger partial charge in [-0.15, -0.1) is 0 Å². The van der Waals surface area contributed by atoms with Crippen molar-refractivity contribution in [2.24, 2.45) is 4.99 Å². The van der Waals surface area contributed by atoms with Gasteiger partial charge in [0.05, 0.1) is 12.2 Å². The van der Waals surface area contributed by atoms with Gasteiger partial charge in [0.25, 0.3) is 0 Å². The van der Waals surface area contributed by atoms with E-state index in [1.54, 1.807) is 7.05 Å². The van der Waals surface area contributed by atoms with E-state index in [1.165, 1.54) is 0 Å². The molecule has 2 heterocycles. The number of aromatic nitrogens is 1. The van der Waals surface area contributed by atoms with E-state index in [0.29, 0.717) is 6.54 Å². The summed E-state index contributed by atoms with van der Waals surface area (Å²) in [5.41, 5.74) is 0.890. The Morgan fingerprint density at radius 1 is 1.33 bits per heavy atom. The van der Waals surface area contributed by atoms with Gasteiger partial charge in [-0.25, -0.2) is 0 Å². The highest BCUT2D eigenvalue weighted by atomic mass is 16.5. The fourth-order valence-electron chi connectivity index (χ4n) is 2.88. The molecule has 1 N–H and O–H groups in total. The molecule has 0 bridgehead atoms. The Bertz CT molecular complexity index is 661. The van der Waals surface area contributed by atoms with E-state index in [2.05, 4.69) is 20.4 Å². The maximum absolute atomic E-state index is 6.04. The van der Waals surface area contributed by atoms with Crippen molar-refractivity contribution in [2.75, 3.05) is 20.1 Å². The molecule has 0 radical (unpaired) electrons. The summed E-state index contributed by atoms with van der Waals surface area (Å²) in [7, 11) is 1.81. The predicted octanol–water partition coefficient (Wildman–Crippen LogP) is 2.60. The number of para-hydroxylation sites is 1. The topological polar surface area (TPSA) is 62.9 Å². The molecule has 24 heavy (non-hydrogen) atoms. The molecule has 0 aliphatic carbocycles. The summed E-state index contributed by atoms with van der Waals surface area (Å²) in [6.07, 6.45) is 2.23. The quantitative estimate of drug-likeness (QED) is 0.690. The van der Waals surface area contributed by atoms with Crippen LogP contribution >= 0.6 is 0 Å². The number of piperidine rings is 1. The first-order valence-corrected chi connectivity index (χ1v) is 8.34. The van der Waals surface area contributed by atoms with E-state index in [4.69, 9.17) is 9.26 Å². The molecule has 1 saturated heterocycles. The minimum Gasteiger partial charge on any atom is -0.490 e. The normalized spacial score (nSPS) is 16.2. The molecular weight excluding hydrogens is 304 g/mol. The van der Waals surface area contributed by atoms with Crippen LogP contribution in [-0.4, -0.2) is 42.3 Å². The minimum atomic E-state index is 0.263. The summed E-state index contributed by atoms with van der Waals surface area (Å²) in [4.78, 5) is 6.63. The zero-order valence-electron chi connectivity index (χ0n) is 14.2. The smallest absolute Gasteiger partial charge is 0.194 e. The SMILES string of the molecule is CN=C(NCc1cc(C)no1)N1CCC(Oc2ccccc2)CC1. The molecule has 0 amide bonds. The summed E-state index contributed by atoms with van der Waals surface area (Å²) in [6, 6.07) is 11.9. The molecule has 3 rings (SSSR count). The number of nitrogens with one attached hydrogen (secondary N) is 1. The van der Waals surface area contributed by atoms with E-state index >= 15 is 0 Å². The van der Waals surface area contributed by atoms with Crippen molar-refractivity contribution in [1.82, 2.24) is 15.4 Å². The van der Waals surface area contributed by atoms with E-state index in [-0.39, 0.29) is 6.10 Å². The molecule has 0 spiro atoms. The van der Waals surface area contributed by atoms with Crippen molar-refractivity contribution in [1.29, 1.82) is 0 Å². The van der Waals surface area contributed by atoms with Gasteiger partial charge in [0, 0.05) is 39.0 Å². The van der Waals surface area contributed by atoms with Crippen LogP contribution < -0.4 is 10.1 Å². The highest BCUT2D eigenvalue weighted by molar-refractivity contribution is 5.79. The molecule has 0 unspecified atom stereocenters. The van der Waals surface area contributed by atoms with Crippen LogP contribution in [0.5, 0.6) is 5.75 Å². The highest BCUT2D eigenvalue weighted by Crippen LogP contribution is 2.18. The number of rotatable bonds is 4. The van der Waals surface area contributed by atoms with Gasteiger partial charge in [-0.2, -0.15) is 0 Å². The van der Waals surface area contributed by atoms with Crippen molar-refractivity contribution in [3.63, 3.8) is 0 Å². The molecule has 0 saturated carbocycles. The fraction of sp³-hybridized carbons (Fsp3) is 0.444. The second-order valence-corrected chi connectivity index (χ2v) is 5.95. The first kappa shape index (κ1) is 16.4. The molecule has 1 aromatic heterocycles. The van der Waals surface area contributed by atoms with Gasteiger partial charge in [-0.1, -0.05) is 23.4 Å². The highest BCUT2D eigenvalue weighted by Gasteiger charge is 2.22. The van der Waals surface area contributed by atoms with Gasteiger partial charge >= 0.3 is 0 Å². The lowest BCUT2D eigenvalue weighted by atomic mass is 10.1. The average molecular weight is 328 g/mol. The molecule has 2 aromatic rings. The monoisotopic (exact) mass is 328 g/mol. The van der Waals surface area contributed by atoms with E-state index < -0.39 is 0 Å². The fourth-order valence-corrected chi connectivity index (χ4v) is 2.88. The van der Waals surface area contributed by atoms with Crippen molar-refractivity contribution < 1.29 is 9.26 Å². The van der Waals surface area contributed by atoms with Crippen LogP contribution in [0.25, 0.3) is 0 Å². The minimum absolute atomic E-state index is 0.263. The average Bonchev–Trinajstić information content (AvgIpc) is 3.03. The predicted molar refractivity (Wildman–Crippen MR) is 93.1 cm³/mol. The van der Waals surface area contributed by atoms with Crippen LogP contribution in [0.3, 0.4) is 0 Å². The van der Waals surface area contributed by atoms with Crippen LogP contribution in [0, 0.1) is 6.92 Å². The summed E-state index contributed by atoms with van der Waals surface area (Å²) in [5, 5.41) is 7.23. The van der Waals surface area contributed by atoms with Crippen molar-refractivity contribution in [2.45, 2.75) is 32.4 Å². The van der Waals surface area contributed by atoms with Crippen molar-refractivity contribution >= 4 is 5.96 Å². The first-order chi connectivity index (χ1) is 11.7. The first-order valence-electron chi connectivity index (χ1n) is 8.34. The lowest BCUT2D eigenvalue weighted by Gasteiger charge is -2.34. The summed E-state index contributed by atoms with van der Waals surface area (Å²) < 4.78 is 11.3. The molecule has 1 aromatic carbocycles. The Kier molecular flexibility index (Phi) is 5.36. The van der Waals surface area contributed by atoms with E-state index in [9.17, 15) is 0 Å². The van der Waals surface area contributed by atoms with Gasteiger partial charge in [0.15, 0.2) is 11.7 Å². The number of guanidine groups is 1. The Labute approximate surface area is 142 Å². The van der Waals surface area contributed by atoms with Crippen LogP contribution in [0.15, 0.2) is 45.9 Å². The number of likely N-dealkylation sites (tertiary alicyclic amines) is 1. The van der Waals surface area contributed by atoms with Gasteiger partial charge < -0.3 is 19.5 Å². The summed E-state index contributed by atoms with van der Waals surface area (Å²) in [6.45, 7) is 4.35. The van der Waals surface area contributed by atoms with Crippen molar-refractivity contribution in [3.8, 4) is 5.75 Å². The lowest BCUT2D eigenvalue weighted by Crippen LogP contribution is -2.47. The molecule has 1 aliphatic rings. The number of ether oxygens (including phenoxy) is 1. The van der Waals surface area contributed by atoms with Crippen LogP contribution in [0.2, 0.25) is 0 Å². The number of aliphatic imine (C=N–C) groups is 1. The van der Waals surface area contributed by atoms with Gasteiger partial charge in [-0.3, -0.25) is 4.99 Å². The largest absolute Gasteiger partial charge is 0.490 e. The second kappa shape index (κ2) is 7.86. The van der Waals surface area contributed by atoms with Crippen LogP contribution in [0.1, 0.15) is 24.3 Å². The Balaban J connectivity index is 1.47. The molecule has 1 fully saturated rings. The molecular formula is C18H24N4O2. The second-order valence-electron chi connectivity index (χ2n) is 5.95. The third-order valence-electron chi connectivity index (χ3n) is 4.10. The molecule has 1 aliphatic heterocycles. The molecule has 6 heteroatoms. The summed E-state index contributed by atoms with van der Waals surface area (Å²) in [5.74, 6) is 2.65. The van der Waals surface area contributed by atoms with E-state index in [0.717, 1.165) is 49.1 Å². The maximum atomic E-state index is 6.04. The third-order valence-corrected chi connectivity index (χ3v) is 4.10. The zero-order valence-corrected chi connectivity index (χ0v) is 14.2. The number of hydrogen-bond donors (Lipinski definition) is 1. The zero-order chi connectivity index (χ0) is 16.8. The Morgan fingerprint density at radius 3 is 2.71 bits per heavy atom. The van der Waals surface area contributed by atoms with E-state index in [1.807, 2.05) is 43.3 Å². The number of aryl methyl sites for hydroxylation is 1. The summed E-state index contributed by atoms with van der Waals surface area (Å²) >= 11 is 0. The standard InChI is InChI=1S/C18H24N4O2/c1-14-12-17(24-21-14)13-20-18(19-2)22-10-8-16(9-11-22)23-15-6-4-3-5-7-15/h3-7,12,16H,8-11,13H2,1-2H3,(H,19,20). The molecule has 6 nitrogen and oxygen atoms in total. The number of hydrogen-bond acceptors (Lipinski definition) is 4. The van der Waals surface area contributed by atoms with Gasteiger partial charge in [0.2, 0.25) is 0 Å². The number of benzene rings is 1. The molecule has 0 atom stereocenters.